The first kappa shape index (κ1) is 23.5. The summed E-state index contributed by atoms with van der Waals surface area (Å²) in [6.45, 7) is 4.83. The topological polar surface area (TPSA) is 66.0 Å². The first-order valence-corrected chi connectivity index (χ1v) is 9.42. The van der Waals surface area contributed by atoms with E-state index in [1.807, 2.05) is 38.1 Å². The third-order valence-corrected chi connectivity index (χ3v) is 4.45. The minimum absolute atomic E-state index is 0. The fraction of sp³-hybridized carbons (Fsp3) is 0.600. The maximum Gasteiger partial charge on any atom is 0.243 e. The largest absolute Gasteiger partial charge is 0.489 e. The number of aryl methyl sites for hydroxylation is 1. The van der Waals surface area contributed by atoms with Crippen LogP contribution < -0.4 is 15.4 Å². The van der Waals surface area contributed by atoms with Crippen molar-refractivity contribution in [2.24, 2.45) is 4.99 Å². The molecule has 2 rings (SSSR count). The van der Waals surface area contributed by atoms with Gasteiger partial charge in [0.15, 0.2) is 5.96 Å². The molecule has 1 aromatic rings. The molecular weight excluding hydrogens is 455 g/mol. The van der Waals surface area contributed by atoms with Crippen LogP contribution in [-0.4, -0.2) is 56.1 Å². The molecule has 152 valence electrons. The number of halogens is 1. The van der Waals surface area contributed by atoms with E-state index >= 15 is 0 Å². The monoisotopic (exact) mass is 488 g/mol. The smallest absolute Gasteiger partial charge is 0.243 e. The van der Waals surface area contributed by atoms with Crippen LogP contribution in [0.4, 0.5) is 0 Å². The summed E-state index contributed by atoms with van der Waals surface area (Å²) in [7, 11) is 3.49. The second kappa shape index (κ2) is 12.0. The Bertz CT molecular complexity index is 616. The number of ether oxygens (including phenoxy) is 1. The van der Waals surface area contributed by atoms with Crippen LogP contribution in [0.25, 0.3) is 0 Å². The van der Waals surface area contributed by atoms with Crippen molar-refractivity contribution in [2.75, 3.05) is 27.2 Å². The van der Waals surface area contributed by atoms with E-state index in [1.165, 1.54) is 18.4 Å². The lowest BCUT2D eigenvalue weighted by Crippen LogP contribution is -2.46. The van der Waals surface area contributed by atoms with Gasteiger partial charge in [0.25, 0.3) is 0 Å². The number of amides is 1. The standard InChI is InChI=1S/C20H32N4O2.HI/c1-15-8-7-11-18(12-15)26-16(2)13-21-20(22-14-19(25)24(3)4)23-17-9-5-6-10-17;/h7-8,11-12,16-17H,5-6,9-10,13-14H2,1-4H3,(H2,21,22,23);1H. The zero-order chi connectivity index (χ0) is 18.9. The van der Waals surface area contributed by atoms with Gasteiger partial charge in [-0.15, -0.1) is 24.0 Å². The fourth-order valence-electron chi connectivity index (χ4n) is 2.91. The van der Waals surface area contributed by atoms with E-state index in [1.54, 1.807) is 19.0 Å². The van der Waals surface area contributed by atoms with Gasteiger partial charge in [-0.3, -0.25) is 4.79 Å². The zero-order valence-electron chi connectivity index (χ0n) is 16.8. The summed E-state index contributed by atoms with van der Waals surface area (Å²) in [5.41, 5.74) is 1.18. The van der Waals surface area contributed by atoms with Crippen molar-refractivity contribution in [3.63, 3.8) is 0 Å². The van der Waals surface area contributed by atoms with Gasteiger partial charge in [-0.05, 0) is 44.4 Å². The first-order chi connectivity index (χ1) is 12.4. The third kappa shape index (κ3) is 8.81. The van der Waals surface area contributed by atoms with Crippen LogP contribution in [0, 0.1) is 6.92 Å². The van der Waals surface area contributed by atoms with Crippen LogP contribution >= 0.6 is 24.0 Å². The first-order valence-electron chi connectivity index (χ1n) is 9.42. The molecule has 0 radical (unpaired) electrons. The maximum absolute atomic E-state index is 11.8. The van der Waals surface area contributed by atoms with Gasteiger partial charge in [0.2, 0.25) is 5.91 Å². The summed E-state index contributed by atoms with van der Waals surface area (Å²) in [5.74, 6) is 1.54. The number of hydrogen-bond acceptors (Lipinski definition) is 3. The molecular formula is C20H33IN4O2. The Kier molecular flexibility index (Phi) is 10.5. The number of carbonyl (C=O) groups excluding carboxylic acids is 1. The van der Waals surface area contributed by atoms with Gasteiger partial charge in [-0.25, -0.2) is 4.99 Å². The van der Waals surface area contributed by atoms with Crippen molar-refractivity contribution >= 4 is 35.8 Å². The number of guanidine groups is 1. The quantitative estimate of drug-likeness (QED) is 0.352. The Morgan fingerprint density at radius 2 is 2.04 bits per heavy atom. The van der Waals surface area contributed by atoms with E-state index in [2.05, 4.69) is 15.6 Å². The summed E-state index contributed by atoms with van der Waals surface area (Å²) >= 11 is 0. The van der Waals surface area contributed by atoms with Crippen molar-refractivity contribution in [3.8, 4) is 5.75 Å². The molecule has 0 aliphatic heterocycles. The van der Waals surface area contributed by atoms with E-state index in [0.29, 0.717) is 18.5 Å². The van der Waals surface area contributed by atoms with Crippen molar-refractivity contribution in [1.29, 1.82) is 0 Å². The summed E-state index contributed by atoms with van der Waals surface area (Å²) < 4.78 is 5.96. The number of rotatable bonds is 7. The lowest BCUT2D eigenvalue weighted by Gasteiger charge is -2.21. The molecule has 2 N–H and O–H groups in total. The molecule has 6 nitrogen and oxygen atoms in total. The average Bonchev–Trinajstić information content (AvgIpc) is 3.10. The van der Waals surface area contributed by atoms with Gasteiger partial charge in [-0.2, -0.15) is 0 Å². The summed E-state index contributed by atoms with van der Waals surface area (Å²) in [4.78, 5) is 17.8. The molecule has 1 unspecified atom stereocenters. The van der Waals surface area contributed by atoms with Gasteiger partial charge >= 0.3 is 0 Å². The molecule has 1 atom stereocenters. The van der Waals surface area contributed by atoms with Gasteiger partial charge in [0.05, 0.1) is 6.54 Å². The van der Waals surface area contributed by atoms with Gasteiger partial charge < -0.3 is 20.3 Å². The van der Waals surface area contributed by atoms with Crippen LogP contribution in [0.1, 0.15) is 38.2 Å². The molecule has 1 amide bonds. The number of nitrogens with one attached hydrogen (secondary N) is 2. The highest BCUT2D eigenvalue weighted by Crippen LogP contribution is 2.17. The van der Waals surface area contributed by atoms with E-state index in [-0.39, 0.29) is 42.5 Å². The zero-order valence-corrected chi connectivity index (χ0v) is 19.2. The van der Waals surface area contributed by atoms with Gasteiger partial charge in [0.1, 0.15) is 18.4 Å². The summed E-state index contributed by atoms with van der Waals surface area (Å²) in [5, 5.41) is 6.77. The molecule has 0 heterocycles. The predicted octanol–water partition coefficient (Wildman–Crippen LogP) is 2.95. The molecule has 0 saturated heterocycles. The van der Waals surface area contributed by atoms with Crippen LogP contribution in [0.3, 0.4) is 0 Å². The van der Waals surface area contributed by atoms with Gasteiger partial charge in [-0.1, -0.05) is 25.0 Å². The second-order valence-corrected chi connectivity index (χ2v) is 7.20. The van der Waals surface area contributed by atoms with Crippen molar-refractivity contribution in [3.05, 3.63) is 29.8 Å². The Morgan fingerprint density at radius 3 is 2.67 bits per heavy atom. The molecule has 1 saturated carbocycles. The number of aliphatic imine (C=N–C) groups is 1. The SMILES string of the molecule is Cc1cccc(OC(C)CNC(=NCC(=O)N(C)C)NC2CCCC2)c1.I. The minimum Gasteiger partial charge on any atom is -0.489 e. The van der Waals surface area contributed by atoms with Crippen molar-refractivity contribution in [1.82, 2.24) is 15.5 Å². The second-order valence-electron chi connectivity index (χ2n) is 7.20. The lowest BCUT2D eigenvalue weighted by molar-refractivity contribution is -0.127. The Morgan fingerprint density at radius 1 is 1.33 bits per heavy atom. The van der Waals surface area contributed by atoms with Crippen LogP contribution in [0.5, 0.6) is 5.75 Å². The normalized spacial score (nSPS) is 15.6. The van der Waals surface area contributed by atoms with Crippen LogP contribution in [0.2, 0.25) is 0 Å². The Labute approximate surface area is 180 Å². The molecule has 1 aliphatic carbocycles. The lowest BCUT2D eigenvalue weighted by atomic mass is 10.2. The van der Waals surface area contributed by atoms with Crippen molar-refractivity contribution < 1.29 is 9.53 Å². The number of nitrogens with zero attached hydrogens (tertiary/aromatic N) is 2. The Balaban J connectivity index is 0.00000364. The summed E-state index contributed by atoms with van der Waals surface area (Å²) in [6, 6.07) is 8.46. The summed E-state index contributed by atoms with van der Waals surface area (Å²) in [6.07, 6.45) is 4.77. The highest BCUT2D eigenvalue weighted by molar-refractivity contribution is 14.0. The molecule has 0 spiro atoms. The third-order valence-electron chi connectivity index (χ3n) is 4.45. The number of benzene rings is 1. The molecule has 7 heteroatoms. The van der Waals surface area contributed by atoms with E-state index in [4.69, 9.17) is 4.74 Å². The maximum atomic E-state index is 11.8. The Hall–Kier alpha value is -1.51. The molecule has 1 fully saturated rings. The van der Waals surface area contributed by atoms with Crippen molar-refractivity contribution in [2.45, 2.75) is 51.7 Å². The predicted molar refractivity (Wildman–Crippen MR) is 121 cm³/mol. The number of carbonyl (C=O) groups is 1. The minimum atomic E-state index is -0.0167. The van der Waals surface area contributed by atoms with Crippen LogP contribution in [0.15, 0.2) is 29.3 Å². The molecule has 1 aromatic carbocycles. The molecule has 1 aliphatic rings. The molecule has 0 aromatic heterocycles. The molecule has 27 heavy (non-hydrogen) atoms. The number of hydrogen-bond donors (Lipinski definition) is 2. The number of likely N-dealkylation sites (N-methyl/N-ethyl adjacent to an activating group) is 1. The fourth-order valence-corrected chi connectivity index (χ4v) is 2.91. The van der Waals surface area contributed by atoms with E-state index in [9.17, 15) is 4.79 Å². The van der Waals surface area contributed by atoms with Gasteiger partial charge in [0, 0.05) is 20.1 Å². The highest BCUT2D eigenvalue weighted by atomic mass is 127. The van der Waals surface area contributed by atoms with Crippen LogP contribution in [-0.2, 0) is 4.79 Å². The average molecular weight is 488 g/mol. The van der Waals surface area contributed by atoms with E-state index in [0.717, 1.165) is 18.6 Å². The van der Waals surface area contributed by atoms with E-state index < -0.39 is 0 Å². The molecule has 0 bridgehead atoms. The highest BCUT2D eigenvalue weighted by Gasteiger charge is 2.17.